The second kappa shape index (κ2) is 4.94. The molecule has 2 aromatic rings. The van der Waals surface area contributed by atoms with Crippen LogP contribution in [-0.4, -0.2) is 11.5 Å². The summed E-state index contributed by atoms with van der Waals surface area (Å²) in [4.78, 5) is 4.12. The first-order chi connectivity index (χ1) is 7.81. The van der Waals surface area contributed by atoms with Crippen LogP contribution >= 0.6 is 0 Å². The first kappa shape index (κ1) is 10.9. The molecule has 3 nitrogen and oxygen atoms in total. The van der Waals surface area contributed by atoms with Gasteiger partial charge in [0.05, 0.1) is 6.54 Å². The Kier molecular flexibility index (Phi) is 3.37. The predicted molar refractivity (Wildman–Crippen MR) is 64.1 cm³/mol. The van der Waals surface area contributed by atoms with Crippen LogP contribution in [0.4, 0.5) is 0 Å². The summed E-state index contributed by atoms with van der Waals surface area (Å²) < 4.78 is 5.75. The number of hydrogen-bond donors (Lipinski definition) is 1. The second-order valence-corrected chi connectivity index (χ2v) is 3.74. The lowest BCUT2D eigenvalue weighted by molar-refractivity contribution is 0.498. The summed E-state index contributed by atoms with van der Waals surface area (Å²) >= 11 is 0. The van der Waals surface area contributed by atoms with Crippen LogP contribution in [0.1, 0.15) is 18.2 Å². The molecule has 84 valence electrons. The van der Waals surface area contributed by atoms with Crippen molar-refractivity contribution >= 4 is 0 Å². The van der Waals surface area contributed by atoms with E-state index in [1.54, 1.807) is 6.20 Å². The summed E-state index contributed by atoms with van der Waals surface area (Å²) in [5.74, 6) is 1.85. The van der Waals surface area contributed by atoms with E-state index < -0.39 is 0 Å². The lowest BCUT2D eigenvalue weighted by Gasteiger charge is -2.01. The molecule has 0 fully saturated rings. The van der Waals surface area contributed by atoms with Gasteiger partial charge >= 0.3 is 0 Å². The number of nitrogens with one attached hydrogen (secondary N) is 1. The summed E-state index contributed by atoms with van der Waals surface area (Å²) in [7, 11) is 0. The maximum absolute atomic E-state index is 5.75. The van der Waals surface area contributed by atoms with E-state index in [0.29, 0.717) is 0 Å². The Morgan fingerprint density at radius 2 is 2.19 bits per heavy atom. The van der Waals surface area contributed by atoms with E-state index in [9.17, 15) is 0 Å². The monoisotopic (exact) mass is 216 g/mol. The van der Waals surface area contributed by atoms with Gasteiger partial charge in [-0.15, -0.1) is 0 Å². The smallest absolute Gasteiger partial charge is 0.136 e. The van der Waals surface area contributed by atoms with Crippen molar-refractivity contribution in [2.45, 2.75) is 20.4 Å². The molecule has 3 heteroatoms. The normalized spacial score (nSPS) is 10.6. The van der Waals surface area contributed by atoms with Gasteiger partial charge < -0.3 is 9.73 Å². The van der Waals surface area contributed by atoms with Crippen LogP contribution in [0.5, 0.6) is 0 Å². The van der Waals surface area contributed by atoms with Gasteiger partial charge in [0.1, 0.15) is 11.5 Å². The fraction of sp³-hybridized carbons (Fsp3) is 0.308. The number of furan rings is 1. The van der Waals surface area contributed by atoms with Gasteiger partial charge in [0.15, 0.2) is 0 Å². The summed E-state index contributed by atoms with van der Waals surface area (Å²) in [6.07, 6.45) is 3.63. The van der Waals surface area contributed by atoms with Crippen molar-refractivity contribution in [1.29, 1.82) is 0 Å². The highest BCUT2D eigenvalue weighted by Crippen LogP contribution is 2.24. The van der Waals surface area contributed by atoms with Gasteiger partial charge in [-0.3, -0.25) is 4.98 Å². The predicted octanol–water partition coefficient (Wildman–Crippen LogP) is 2.76. The number of aryl methyl sites for hydroxylation is 1. The molecule has 0 saturated heterocycles. The average Bonchev–Trinajstić information content (AvgIpc) is 2.75. The number of rotatable bonds is 4. The highest BCUT2D eigenvalue weighted by atomic mass is 16.3. The van der Waals surface area contributed by atoms with Crippen molar-refractivity contribution in [3.05, 3.63) is 41.9 Å². The molecule has 1 N–H and O–H groups in total. The van der Waals surface area contributed by atoms with Crippen LogP contribution in [0.15, 0.2) is 35.0 Å². The van der Waals surface area contributed by atoms with E-state index in [1.807, 2.05) is 24.4 Å². The molecule has 0 aromatic carbocycles. The second-order valence-electron chi connectivity index (χ2n) is 3.74. The number of pyridine rings is 1. The summed E-state index contributed by atoms with van der Waals surface area (Å²) in [5, 5.41) is 3.23. The zero-order chi connectivity index (χ0) is 11.4. The fourth-order valence-corrected chi connectivity index (χ4v) is 1.59. The van der Waals surface area contributed by atoms with Crippen molar-refractivity contribution in [3.8, 4) is 11.3 Å². The van der Waals surface area contributed by atoms with Gasteiger partial charge in [0.2, 0.25) is 0 Å². The van der Waals surface area contributed by atoms with E-state index in [1.165, 1.54) is 5.56 Å². The van der Waals surface area contributed by atoms with Crippen LogP contribution in [0.2, 0.25) is 0 Å². The largest absolute Gasteiger partial charge is 0.460 e. The fourth-order valence-electron chi connectivity index (χ4n) is 1.59. The molecular weight excluding hydrogens is 200 g/mol. The third kappa shape index (κ3) is 2.31. The molecule has 0 aliphatic heterocycles. The molecule has 2 rings (SSSR count). The zero-order valence-corrected chi connectivity index (χ0v) is 9.66. The van der Waals surface area contributed by atoms with Gasteiger partial charge in [-0.1, -0.05) is 6.92 Å². The highest BCUT2D eigenvalue weighted by Gasteiger charge is 2.06. The average molecular weight is 216 g/mol. The first-order valence-electron chi connectivity index (χ1n) is 5.51. The van der Waals surface area contributed by atoms with E-state index in [2.05, 4.69) is 24.1 Å². The molecule has 0 amide bonds. The van der Waals surface area contributed by atoms with Crippen molar-refractivity contribution in [2.24, 2.45) is 0 Å². The Morgan fingerprint density at radius 3 is 2.94 bits per heavy atom. The minimum Gasteiger partial charge on any atom is -0.460 e. The minimum absolute atomic E-state index is 0.774. The van der Waals surface area contributed by atoms with Crippen LogP contribution in [-0.2, 0) is 6.54 Å². The molecule has 2 heterocycles. The van der Waals surface area contributed by atoms with Gasteiger partial charge in [0, 0.05) is 18.0 Å². The van der Waals surface area contributed by atoms with Crippen LogP contribution in [0, 0.1) is 6.92 Å². The van der Waals surface area contributed by atoms with Crippen molar-refractivity contribution in [2.75, 3.05) is 6.54 Å². The maximum Gasteiger partial charge on any atom is 0.136 e. The van der Waals surface area contributed by atoms with Gasteiger partial charge in [-0.25, -0.2) is 0 Å². The summed E-state index contributed by atoms with van der Waals surface area (Å²) in [6.45, 7) is 5.86. The van der Waals surface area contributed by atoms with Gasteiger partial charge in [0.25, 0.3) is 0 Å². The molecule has 0 radical (unpaired) electrons. The topological polar surface area (TPSA) is 38.1 Å². The van der Waals surface area contributed by atoms with Gasteiger partial charge in [-0.05, 0) is 37.2 Å². The third-order valence-corrected chi connectivity index (χ3v) is 2.52. The molecule has 2 aromatic heterocycles. The number of hydrogen-bond acceptors (Lipinski definition) is 3. The quantitative estimate of drug-likeness (QED) is 0.854. The minimum atomic E-state index is 0.774. The Balaban J connectivity index is 2.22. The first-order valence-corrected chi connectivity index (χ1v) is 5.51. The Morgan fingerprint density at radius 1 is 1.31 bits per heavy atom. The van der Waals surface area contributed by atoms with E-state index in [0.717, 1.165) is 30.2 Å². The highest BCUT2D eigenvalue weighted by molar-refractivity contribution is 5.60. The Labute approximate surface area is 95.5 Å². The van der Waals surface area contributed by atoms with Crippen molar-refractivity contribution in [3.63, 3.8) is 0 Å². The molecule has 0 aliphatic rings. The lowest BCUT2D eigenvalue weighted by atomic mass is 10.1. The molecule has 0 bridgehead atoms. The molecule has 0 atom stereocenters. The molecule has 0 saturated carbocycles. The Bertz CT molecular complexity index is 462. The third-order valence-electron chi connectivity index (χ3n) is 2.52. The number of nitrogens with zero attached hydrogens (tertiary/aromatic N) is 1. The molecule has 0 unspecified atom stereocenters. The number of aromatic nitrogens is 1. The Hall–Kier alpha value is -1.61. The van der Waals surface area contributed by atoms with E-state index >= 15 is 0 Å². The molecule has 0 aliphatic carbocycles. The van der Waals surface area contributed by atoms with Gasteiger partial charge in [-0.2, -0.15) is 0 Å². The SMILES string of the molecule is CCNCc1ccc(-c2cnccc2C)o1. The van der Waals surface area contributed by atoms with Crippen LogP contribution in [0.3, 0.4) is 0 Å². The maximum atomic E-state index is 5.75. The standard InChI is InChI=1S/C13H16N2O/c1-3-14-8-11-4-5-13(16-11)12-9-15-7-6-10(12)2/h4-7,9,14H,3,8H2,1-2H3. The van der Waals surface area contributed by atoms with E-state index in [4.69, 9.17) is 4.42 Å². The van der Waals surface area contributed by atoms with Crippen molar-refractivity contribution < 1.29 is 4.42 Å². The molecule has 0 spiro atoms. The molecular formula is C13H16N2O. The van der Waals surface area contributed by atoms with Crippen molar-refractivity contribution in [1.82, 2.24) is 10.3 Å². The van der Waals surface area contributed by atoms with Crippen LogP contribution < -0.4 is 5.32 Å². The molecule has 16 heavy (non-hydrogen) atoms. The zero-order valence-electron chi connectivity index (χ0n) is 9.66. The van der Waals surface area contributed by atoms with Crippen LogP contribution in [0.25, 0.3) is 11.3 Å². The summed E-state index contributed by atoms with van der Waals surface area (Å²) in [5.41, 5.74) is 2.24. The summed E-state index contributed by atoms with van der Waals surface area (Å²) in [6, 6.07) is 5.99. The lowest BCUT2D eigenvalue weighted by Crippen LogP contribution is -2.10. The van der Waals surface area contributed by atoms with E-state index in [-0.39, 0.29) is 0 Å².